The summed E-state index contributed by atoms with van der Waals surface area (Å²) in [5.74, 6) is -1.29. The van der Waals surface area contributed by atoms with Crippen LogP contribution in [0.5, 0.6) is 0 Å². The van der Waals surface area contributed by atoms with Crippen LogP contribution in [0.25, 0.3) is 11.5 Å². The number of anilines is 1. The van der Waals surface area contributed by atoms with Gasteiger partial charge in [0.25, 0.3) is 0 Å². The normalized spacial score (nSPS) is 17.9. The van der Waals surface area contributed by atoms with Gasteiger partial charge in [0.05, 0.1) is 0 Å². The van der Waals surface area contributed by atoms with Gasteiger partial charge in [-0.2, -0.15) is 0 Å². The smallest absolute Gasteiger partial charge is 0.248 e. The van der Waals surface area contributed by atoms with Crippen molar-refractivity contribution in [1.82, 2.24) is 15.0 Å². The van der Waals surface area contributed by atoms with E-state index in [4.69, 9.17) is 0 Å². The number of aromatic nitrogens is 3. The summed E-state index contributed by atoms with van der Waals surface area (Å²) in [6, 6.07) is 7.57. The summed E-state index contributed by atoms with van der Waals surface area (Å²) in [5, 5.41) is 3.27. The lowest BCUT2D eigenvalue weighted by Crippen LogP contribution is -2.32. The summed E-state index contributed by atoms with van der Waals surface area (Å²) >= 11 is 0. The summed E-state index contributed by atoms with van der Waals surface area (Å²) < 4.78 is 26.5. The minimum atomic E-state index is -2.52. The highest BCUT2D eigenvalue weighted by atomic mass is 19.3. The van der Waals surface area contributed by atoms with Crippen LogP contribution in [0.15, 0.2) is 24.3 Å². The lowest BCUT2D eigenvalue weighted by Gasteiger charge is -2.29. The SMILES string of the molecule is Cc1cccc(-c2nc(C)cc(NC3CCC(F)(F)CC3)n2)n1. The minimum absolute atomic E-state index is 0.0299. The van der Waals surface area contributed by atoms with Crippen molar-refractivity contribution >= 4 is 5.82 Å². The van der Waals surface area contributed by atoms with E-state index >= 15 is 0 Å². The molecule has 1 saturated carbocycles. The molecule has 1 fully saturated rings. The van der Waals surface area contributed by atoms with Gasteiger partial charge in [-0.15, -0.1) is 0 Å². The molecule has 2 aromatic rings. The van der Waals surface area contributed by atoms with Crippen LogP contribution in [-0.2, 0) is 0 Å². The van der Waals surface area contributed by atoms with E-state index in [0.29, 0.717) is 30.2 Å². The molecule has 1 N–H and O–H groups in total. The first-order valence-electron chi connectivity index (χ1n) is 7.85. The van der Waals surface area contributed by atoms with Gasteiger partial charge in [0.2, 0.25) is 5.92 Å². The molecule has 3 rings (SSSR count). The van der Waals surface area contributed by atoms with Gasteiger partial charge in [-0.1, -0.05) is 6.07 Å². The molecule has 6 heteroatoms. The van der Waals surface area contributed by atoms with Crippen LogP contribution in [0.1, 0.15) is 37.1 Å². The second-order valence-corrected chi connectivity index (χ2v) is 6.16. The fraction of sp³-hybridized carbons (Fsp3) is 0.471. The highest BCUT2D eigenvalue weighted by molar-refractivity contribution is 5.53. The number of hydrogen-bond donors (Lipinski definition) is 1. The third kappa shape index (κ3) is 4.00. The first-order chi connectivity index (χ1) is 10.9. The molecule has 2 heterocycles. The first kappa shape index (κ1) is 15.8. The van der Waals surface area contributed by atoms with E-state index in [2.05, 4.69) is 20.3 Å². The van der Waals surface area contributed by atoms with Crippen LogP contribution in [0, 0.1) is 13.8 Å². The number of pyridine rings is 1. The molecule has 4 nitrogen and oxygen atoms in total. The topological polar surface area (TPSA) is 50.7 Å². The van der Waals surface area contributed by atoms with E-state index in [1.54, 1.807) is 0 Å². The fourth-order valence-corrected chi connectivity index (χ4v) is 2.82. The van der Waals surface area contributed by atoms with Gasteiger partial charge in [0, 0.05) is 36.3 Å². The molecule has 1 aliphatic rings. The molecule has 1 aliphatic carbocycles. The zero-order valence-electron chi connectivity index (χ0n) is 13.3. The van der Waals surface area contributed by atoms with Gasteiger partial charge in [-0.05, 0) is 38.8 Å². The van der Waals surface area contributed by atoms with Crippen LogP contribution in [-0.4, -0.2) is 26.9 Å². The third-order valence-electron chi connectivity index (χ3n) is 4.04. The van der Waals surface area contributed by atoms with E-state index in [1.165, 1.54) is 0 Å². The number of halogens is 2. The van der Waals surface area contributed by atoms with E-state index in [0.717, 1.165) is 11.4 Å². The number of hydrogen-bond acceptors (Lipinski definition) is 4. The highest BCUT2D eigenvalue weighted by Crippen LogP contribution is 2.34. The van der Waals surface area contributed by atoms with Crippen LogP contribution in [0.3, 0.4) is 0 Å². The average Bonchev–Trinajstić information content (AvgIpc) is 2.49. The van der Waals surface area contributed by atoms with Gasteiger partial charge in [0.1, 0.15) is 11.5 Å². The number of alkyl halides is 2. The standard InChI is InChI=1S/C17H20F2N4/c1-11-4-3-5-14(20-11)16-21-12(2)10-15(23-16)22-13-6-8-17(18,19)9-7-13/h3-5,10,13H,6-9H2,1-2H3,(H,21,22,23). The van der Waals surface area contributed by atoms with E-state index in [9.17, 15) is 8.78 Å². The molecule has 0 spiro atoms. The Morgan fingerprint density at radius 1 is 1.04 bits per heavy atom. The number of aryl methyl sites for hydroxylation is 2. The van der Waals surface area contributed by atoms with Crippen molar-refractivity contribution in [3.8, 4) is 11.5 Å². The Bertz CT molecular complexity index is 693. The molecule has 0 atom stereocenters. The van der Waals surface area contributed by atoms with Crippen molar-refractivity contribution in [2.75, 3.05) is 5.32 Å². The molecule has 2 aromatic heterocycles. The lowest BCUT2D eigenvalue weighted by atomic mass is 9.92. The van der Waals surface area contributed by atoms with Crippen LogP contribution in [0.2, 0.25) is 0 Å². The molecule has 23 heavy (non-hydrogen) atoms. The molecule has 0 unspecified atom stereocenters. The summed E-state index contributed by atoms with van der Waals surface area (Å²) in [7, 11) is 0. The molecule has 0 bridgehead atoms. The van der Waals surface area contributed by atoms with Crippen molar-refractivity contribution in [1.29, 1.82) is 0 Å². The fourth-order valence-electron chi connectivity index (χ4n) is 2.82. The van der Waals surface area contributed by atoms with E-state index < -0.39 is 5.92 Å². The van der Waals surface area contributed by atoms with Gasteiger partial charge in [-0.25, -0.2) is 23.7 Å². The van der Waals surface area contributed by atoms with E-state index in [1.807, 2.05) is 38.1 Å². The Labute approximate surface area is 134 Å². The molecule has 0 radical (unpaired) electrons. The van der Waals surface area contributed by atoms with Gasteiger partial charge < -0.3 is 5.32 Å². The molecule has 0 aromatic carbocycles. The van der Waals surface area contributed by atoms with Crippen molar-refractivity contribution in [2.24, 2.45) is 0 Å². The molecular weight excluding hydrogens is 298 g/mol. The third-order valence-corrected chi connectivity index (χ3v) is 4.04. The summed E-state index contributed by atoms with van der Waals surface area (Å²) in [4.78, 5) is 13.4. The zero-order chi connectivity index (χ0) is 16.4. The monoisotopic (exact) mass is 318 g/mol. The van der Waals surface area contributed by atoms with Crippen LogP contribution >= 0.6 is 0 Å². The maximum atomic E-state index is 13.2. The van der Waals surface area contributed by atoms with Gasteiger partial charge in [0.15, 0.2) is 5.82 Å². The number of rotatable bonds is 3. The summed E-state index contributed by atoms with van der Waals surface area (Å²) in [5.41, 5.74) is 2.44. The van der Waals surface area contributed by atoms with Crippen molar-refractivity contribution < 1.29 is 8.78 Å². The average molecular weight is 318 g/mol. The van der Waals surface area contributed by atoms with Crippen LogP contribution in [0.4, 0.5) is 14.6 Å². The van der Waals surface area contributed by atoms with Crippen molar-refractivity contribution in [2.45, 2.75) is 51.5 Å². The quantitative estimate of drug-likeness (QED) is 0.924. The van der Waals surface area contributed by atoms with Crippen LogP contribution < -0.4 is 5.32 Å². The first-order valence-corrected chi connectivity index (χ1v) is 7.85. The molecule has 122 valence electrons. The largest absolute Gasteiger partial charge is 0.367 e. The van der Waals surface area contributed by atoms with E-state index in [-0.39, 0.29) is 18.9 Å². The predicted octanol–water partition coefficient (Wildman–Crippen LogP) is 4.15. The molecule has 0 aliphatic heterocycles. The van der Waals surface area contributed by atoms with Gasteiger partial charge >= 0.3 is 0 Å². The molecular formula is C17H20F2N4. The lowest BCUT2D eigenvalue weighted by molar-refractivity contribution is -0.0361. The maximum absolute atomic E-state index is 13.2. The minimum Gasteiger partial charge on any atom is -0.367 e. The number of nitrogens with one attached hydrogen (secondary N) is 1. The zero-order valence-corrected chi connectivity index (χ0v) is 13.3. The summed E-state index contributed by atoms with van der Waals surface area (Å²) in [6.07, 6.45) is 0.768. The Morgan fingerprint density at radius 2 is 1.78 bits per heavy atom. The Balaban J connectivity index is 1.78. The number of nitrogens with zero attached hydrogens (tertiary/aromatic N) is 3. The van der Waals surface area contributed by atoms with Gasteiger partial charge in [-0.3, -0.25) is 0 Å². The van der Waals surface area contributed by atoms with Crippen molar-refractivity contribution in [3.63, 3.8) is 0 Å². The second kappa shape index (κ2) is 6.18. The maximum Gasteiger partial charge on any atom is 0.248 e. The Kier molecular flexibility index (Phi) is 4.24. The van der Waals surface area contributed by atoms with Crippen molar-refractivity contribution in [3.05, 3.63) is 35.7 Å². The predicted molar refractivity (Wildman–Crippen MR) is 85.6 cm³/mol. The molecule has 0 amide bonds. The molecule has 0 saturated heterocycles. The second-order valence-electron chi connectivity index (χ2n) is 6.16. The Morgan fingerprint density at radius 3 is 2.48 bits per heavy atom. The summed E-state index contributed by atoms with van der Waals surface area (Å²) in [6.45, 7) is 3.81. The highest BCUT2D eigenvalue weighted by Gasteiger charge is 2.34. The Hall–Kier alpha value is -2.11.